The van der Waals surface area contributed by atoms with Gasteiger partial charge in [0.05, 0.1) is 52.7 Å². The van der Waals surface area contributed by atoms with E-state index in [-0.39, 0.29) is 5.91 Å². The average Bonchev–Trinajstić information content (AvgIpc) is 3.53. The van der Waals surface area contributed by atoms with E-state index in [2.05, 4.69) is 10.4 Å². The predicted octanol–water partition coefficient (Wildman–Crippen LogP) is 6.14. The van der Waals surface area contributed by atoms with Gasteiger partial charge >= 0.3 is 5.97 Å². The van der Waals surface area contributed by atoms with Gasteiger partial charge in [0.25, 0.3) is 5.91 Å². The van der Waals surface area contributed by atoms with Crippen LogP contribution in [-0.4, -0.2) is 89.8 Å². The zero-order valence-corrected chi connectivity index (χ0v) is 29.9. The van der Waals surface area contributed by atoms with E-state index >= 15 is 0 Å². The van der Waals surface area contributed by atoms with Crippen LogP contribution in [0.3, 0.4) is 0 Å². The number of benzene rings is 3. The highest BCUT2D eigenvalue weighted by molar-refractivity contribution is 7.99. The number of anilines is 1. The van der Waals surface area contributed by atoms with E-state index in [0.717, 1.165) is 44.3 Å². The minimum absolute atomic E-state index is 0.0628. The van der Waals surface area contributed by atoms with Crippen LogP contribution in [0.5, 0.6) is 5.75 Å². The third-order valence-electron chi connectivity index (χ3n) is 8.33. The molecule has 1 aliphatic rings. The van der Waals surface area contributed by atoms with Gasteiger partial charge in [-0.25, -0.2) is 4.79 Å². The van der Waals surface area contributed by atoms with Gasteiger partial charge < -0.3 is 24.5 Å². The summed E-state index contributed by atoms with van der Waals surface area (Å²) in [5, 5.41) is 17.6. The molecule has 0 aliphatic carbocycles. The van der Waals surface area contributed by atoms with Gasteiger partial charge in [0.1, 0.15) is 11.8 Å². The van der Waals surface area contributed by atoms with Gasteiger partial charge in [-0.15, -0.1) is 11.8 Å². The molecule has 258 valence electrons. The summed E-state index contributed by atoms with van der Waals surface area (Å²) in [5.74, 6) is 0.110. The molecule has 2 heterocycles. The van der Waals surface area contributed by atoms with E-state index in [0.29, 0.717) is 60.6 Å². The summed E-state index contributed by atoms with van der Waals surface area (Å²) in [5.41, 5.74) is 4.98. The predicted molar refractivity (Wildman–Crippen MR) is 194 cm³/mol. The van der Waals surface area contributed by atoms with Crippen molar-refractivity contribution in [2.45, 2.75) is 43.7 Å². The van der Waals surface area contributed by atoms with Crippen LogP contribution in [0.2, 0.25) is 5.02 Å². The normalized spacial score (nSPS) is 13.4. The number of carbonyl (C=O) groups excluding carboxylic acids is 2. The van der Waals surface area contributed by atoms with Crippen LogP contribution in [0.25, 0.3) is 11.1 Å². The van der Waals surface area contributed by atoms with Crippen molar-refractivity contribution in [1.82, 2.24) is 15.1 Å². The molecule has 3 aromatic carbocycles. The maximum Gasteiger partial charge on any atom is 0.326 e. The van der Waals surface area contributed by atoms with Crippen molar-refractivity contribution in [3.05, 3.63) is 94.8 Å². The molecular formula is C37H43ClN5O5S+. The molecule has 0 fully saturated rings. The molecule has 2 N–H and O–H groups in total. The van der Waals surface area contributed by atoms with Crippen molar-refractivity contribution < 1.29 is 28.7 Å². The number of carbonyl (C=O) groups is 3. The van der Waals surface area contributed by atoms with Gasteiger partial charge in [0.15, 0.2) is 0 Å². The topological polar surface area (TPSA) is 114 Å². The first kappa shape index (κ1) is 36.0. The lowest BCUT2D eigenvalue weighted by Crippen LogP contribution is -2.45. The van der Waals surface area contributed by atoms with Crippen LogP contribution < -0.4 is 15.0 Å². The maximum atomic E-state index is 13.4. The highest BCUT2D eigenvalue weighted by atomic mass is 35.5. The Morgan fingerprint density at radius 2 is 1.88 bits per heavy atom. The molecule has 5 rings (SSSR count). The first-order valence-corrected chi connectivity index (χ1v) is 17.7. The lowest BCUT2D eigenvalue weighted by atomic mass is 10.1. The number of carboxylic acids is 1. The maximum absolute atomic E-state index is 13.4. The largest absolute Gasteiger partial charge is 0.493 e. The van der Waals surface area contributed by atoms with Crippen molar-refractivity contribution >= 4 is 46.8 Å². The monoisotopic (exact) mass is 704 g/mol. The van der Waals surface area contributed by atoms with Gasteiger partial charge in [-0.3, -0.25) is 14.3 Å². The highest BCUT2D eigenvalue weighted by Crippen LogP contribution is 2.42. The van der Waals surface area contributed by atoms with Gasteiger partial charge in [-0.05, 0) is 49.2 Å². The molecule has 12 heteroatoms. The smallest absolute Gasteiger partial charge is 0.326 e. The number of quaternary nitrogens is 1. The fourth-order valence-corrected chi connectivity index (χ4v) is 6.93. The number of fused-ring (bicyclic) bond motifs is 1. The molecule has 1 aliphatic heterocycles. The number of ether oxygens (including phenoxy) is 1. The summed E-state index contributed by atoms with van der Waals surface area (Å²) in [6.07, 6.45) is 5.07. The van der Waals surface area contributed by atoms with Crippen molar-refractivity contribution in [3.63, 3.8) is 0 Å². The van der Waals surface area contributed by atoms with Crippen molar-refractivity contribution in [2.75, 3.05) is 51.5 Å². The summed E-state index contributed by atoms with van der Waals surface area (Å²) in [6.45, 7) is 4.02. The number of aliphatic carboxylic acids is 1. The molecule has 0 spiro atoms. The van der Waals surface area contributed by atoms with Crippen molar-refractivity contribution in [2.24, 2.45) is 0 Å². The minimum atomic E-state index is -1.05. The molecule has 1 atom stereocenters. The molecule has 10 nitrogen and oxygen atoms in total. The lowest BCUT2D eigenvalue weighted by Gasteiger charge is -2.30. The Hall–Kier alpha value is -4.32. The molecular weight excluding hydrogens is 662 g/mol. The van der Waals surface area contributed by atoms with Gasteiger partial charge in [0, 0.05) is 63.5 Å². The third kappa shape index (κ3) is 9.44. The number of nitrogens with zero attached hydrogens (tertiary/aromatic N) is 4. The molecule has 49 heavy (non-hydrogen) atoms. The molecule has 1 unspecified atom stereocenters. The Morgan fingerprint density at radius 1 is 1.10 bits per heavy atom. The van der Waals surface area contributed by atoms with Crippen molar-refractivity contribution in [1.29, 1.82) is 0 Å². The number of rotatable bonds is 14. The van der Waals surface area contributed by atoms with Crippen molar-refractivity contribution in [3.8, 4) is 16.9 Å². The van der Waals surface area contributed by atoms with Gasteiger partial charge in [-0.1, -0.05) is 41.9 Å². The second-order valence-electron chi connectivity index (χ2n) is 13.2. The molecule has 2 amide bonds. The number of amides is 2. The molecule has 0 saturated carbocycles. The quantitative estimate of drug-likeness (QED) is 0.120. The van der Waals surface area contributed by atoms with E-state index in [4.69, 9.17) is 16.3 Å². The SMILES string of the molecule is Cc1c(Cl)cccc1OCCCC(=O)N1CCSc2c(-c3cnn(Cc4cccc(C(=O)NC(CC[N+](C)(C)C)C(=O)O)c4)c3)cccc21. The Labute approximate surface area is 296 Å². The zero-order chi connectivity index (χ0) is 35.1. The second-order valence-corrected chi connectivity index (χ2v) is 14.7. The summed E-state index contributed by atoms with van der Waals surface area (Å²) >= 11 is 7.93. The van der Waals surface area contributed by atoms with Crippen LogP contribution in [0.15, 0.2) is 78.0 Å². The summed E-state index contributed by atoms with van der Waals surface area (Å²) in [7, 11) is 5.95. The van der Waals surface area contributed by atoms with Crippen LogP contribution in [0.1, 0.15) is 40.7 Å². The molecule has 4 aromatic rings. The minimum Gasteiger partial charge on any atom is -0.493 e. The lowest BCUT2D eigenvalue weighted by molar-refractivity contribution is -0.870. The summed E-state index contributed by atoms with van der Waals surface area (Å²) < 4.78 is 8.31. The molecule has 1 aromatic heterocycles. The Balaban J connectivity index is 1.22. The number of halogens is 1. The highest BCUT2D eigenvalue weighted by Gasteiger charge is 2.26. The molecule has 0 bridgehead atoms. The Bertz CT molecular complexity index is 1820. The fourth-order valence-electron chi connectivity index (χ4n) is 5.62. The Kier molecular flexibility index (Phi) is 11.7. The number of aromatic nitrogens is 2. The van der Waals surface area contributed by atoms with Crippen LogP contribution in [-0.2, 0) is 16.1 Å². The number of nitrogens with one attached hydrogen (secondary N) is 1. The van der Waals surface area contributed by atoms with Crippen LogP contribution in [0.4, 0.5) is 5.69 Å². The average molecular weight is 705 g/mol. The standard InChI is InChI=1S/C37H42ClN5O5S/c1-25-30(38)12-7-14-33(25)48-19-8-15-34(44)42-17-20-49-35-29(11-6-13-32(35)42)28-22-39-41(24-28)23-26-9-5-10-27(21-26)36(45)40-31(37(46)47)16-18-43(2,3)4/h5-7,9-14,21-22,24,31H,8,15-20,23H2,1-4H3,(H-,40,45,46,47)/p+1. The molecule has 0 radical (unpaired) electrons. The van der Waals surface area contributed by atoms with E-state index in [1.165, 1.54) is 0 Å². The fraction of sp³-hybridized carbons (Fsp3) is 0.351. The Morgan fingerprint density at radius 3 is 2.65 bits per heavy atom. The number of thioether (sulfide) groups is 1. The third-order valence-corrected chi connectivity index (χ3v) is 9.84. The first-order valence-electron chi connectivity index (χ1n) is 16.3. The second kappa shape index (κ2) is 15.9. The number of hydrogen-bond acceptors (Lipinski definition) is 6. The summed E-state index contributed by atoms with van der Waals surface area (Å²) in [4.78, 5) is 41.1. The van der Waals surface area contributed by atoms with Gasteiger partial charge in [0.2, 0.25) is 5.91 Å². The van der Waals surface area contributed by atoms with E-state index in [1.54, 1.807) is 30.0 Å². The summed E-state index contributed by atoms with van der Waals surface area (Å²) in [6, 6.07) is 17.7. The number of hydrogen-bond donors (Lipinski definition) is 2. The first-order chi connectivity index (χ1) is 23.4. The van der Waals surface area contributed by atoms with E-state index in [9.17, 15) is 19.5 Å². The molecule has 0 saturated heterocycles. The van der Waals surface area contributed by atoms with E-state index in [1.807, 2.05) is 92.5 Å². The number of carboxylic acid groups (broad SMARTS) is 1. The van der Waals surface area contributed by atoms with E-state index < -0.39 is 17.9 Å². The zero-order valence-electron chi connectivity index (χ0n) is 28.3. The van der Waals surface area contributed by atoms with Crippen LogP contribution in [0, 0.1) is 6.92 Å². The van der Waals surface area contributed by atoms with Crippen LogP contribution >= 0.6 is 23.4 Å². The van der Waals surface area contributed by atoms with Gasteiger partial charge in [-0.2, -0.15) is 5.10 Å².